The Morgan fingerprint density at radius 3 is 1.32 bits per heavy atom. The fourth-order valence-corrected chi connectivity index (χ4v) is 9.39. The highest BCUT2D eigenvalue weighted by atomic mass is 19.2. The molecule has 0 saturated heterocycles. The summed E-state index contributed by atoms with van der Waals surface area (Å²) in [5.74, 6) is 1.85. The van der Waals surface area contributed by atoms with E-state index in [9.17, 15) is 4.39 Å². The van der Waals surface area contributed by atoms with E-state index in [-0.39, 0.29) is 23.7 Å². The molecule has 0 aromatic carbocycles. The Kier molecular flexibility index (Phi) is 12.2. The molecule has 222 valence electrons. The van der Waals surface area contributed by atoms with Crippen LogP contribution in [0.3, 0.4) is 0 Å². The van der Waals surface area contributed by atoms with Gasteiger partial charge in [-0.05, 0) is 112 Å². The van der Waals surface area contributed by atoms with Crippen molar-refractivity contribution in [3.05, 3.63) is 0 Å². The summed E-state index contributed by atoms with van der Waals surface area (Å²) in [7, 11) is 0. The minimum absolute atomic E-state index is 0.0518. The van der Waals surface area contributed by atoms with Crippen molar-refractivity contribution in [2.45, 2.75) is 167 Å². The van der Waals surface area contributed by atoms with Crippen LogP contribution in [0, 0.1) is 47.3 Å². The van der Waals surface area contributed by atoms with Crippen LogP contribution in [0.25, 0.3) is 0 Å². The highest BCUT2D eigenvalue weighted by Gasteiger charge is 2.45. The van der Waals surface area contributed by atoms with E-state index in [1.807, 2.05) is 0 Å². The Morgan fingerprint density at radius 1 is 0.421 bits per heavy atom. The number of alkyl halides is 4. The molecular weight excluding hydrogens is 484 g/mol. The van der Waals surface area contributed by atoms with Crippen molar-refractivity contribution >= 4 is 0 Å². The molecule has 0 N–H and O–H groups in total. The van der Waals surface area contributed by atoms with Crippen molar-refractivity contribution in [2.24, 2.45) is 47.3 Å². The van der Waals surface area contributed by atoms with Crippen LogP contribution in [-0.2, 0) is 0 Å². The lowest BCUT2D eigenvalue weighted by atomic mass is 9.66. The van der Waals surface area contributed by atoms with Crippen LogP contribution in [0.4, 0.5) is 17.6 Å². The van der Waals surface area contributed by atoms with Crippen LogP contribution >= 0.6 is 0 Å². The molecular formula is C34H58F4. The number of unbranched alkanes of at least 4 members (excludes halogenated alkanes) is 1. The van der Waals surface area contributed by atoms with Crippen LogP contribution in [0.2, 0.25) is 0 Å². The predicted molar refractivity (Wildman–Crippen MR) is 151 cm³/mol. The lowest BCUT2D eigenvalue weighted by Gasteiger charge is -2.42. The first-order chi connectivity index (χ1) is 18.4. The molecule has 0 radical (unpaired) electrons. The summed E-state index contributed by atoms with van der Waals surface area (Å²) >= 11 is 0. The van der Waals surface area contributed by atoms with Crippen LogP contribution < -0.4 is 0 Å². The van der Waals surface area contributed by atoms with Gasteiger partial charge >= 0.3 is 0 Å². The quantitative estimate of drug-likeness (QED) is 0.228. The Morgan fingerprint density at radius 2 is 0.868 bits per heavy atom. The van der Waals surface area contributed by atoms with Crippen LogP contribution in [0.15, 0.2) is 0 Å². The van der Waals surface area contributed by atoms with E-state index < -0.39 is 24.7 Å². The summed E-state index contributed by atoms with van der Waals surface area (Å²) < 4.78 is 60.2. The molecule has 4 saturated carbocycles. The molecule has 4 rings (SSSR count). The van der Waals surface area contributed by atoms with Gasteiger partial charge in [0.25, 0.3) is 0 Å². The van der Waals surface area contributed by atoms with Crippen molar-refractivity contribution in [2.75, 3.05) is 0 Å². The van der Waals surface area contributed by atoms with Crippen molar-refractivity contribution in [3.8, 4) is 0 Å². The largest absolute Gasteiger partial charge is 0.244 e. The molecule has 8 unspecified atom stereocenters. The predicted octanol–water partition coefficient (Wildman–Crippen LogP) is 11.2. The van der Waals surface area contributed by atoms with Gasteiger partial charge in [-0.15, -0.1) is 0 Å². The summed E-state index contributed by atoms with van der Waals surface area (Å²) in [6.45, 7) is 4.36. The summed E-state index contributed by atoms with van der Waals surface area (Å²) in [6.07, 6.45) is 15.5. The van der Waals surface area contributed by atoms with Gasteiger partial charge in [-0.25, -0.2) is 17.6 Å². The lowest BCUT2D eigenvalue weighted by molar-refractivity contribution is -0.0174. The smallest absolute Gasteiger partial charge is 0.134 e. The van der Waals surface area contributed by atoms with E-state index in [4.69, 9.17) is 0 Å². The van der Waals surface area contributed by atoms with E-state index in [1.165, 1.54) is 25.7 Å². The molecule has 4 aliphatic carbocycles. The van der Waals surface area contributed by atoms with Gasteiger partial charge in [0.1, 0.15) is 24.7 Å². The zero-order valence-corrected chi connectivity index (χ0v) is 24.6. The number of hydrogen-bond acceptors (Lipinski definition) is 0. The molecule has 0 bridgehead atoms. The van der Waals surface area contributed by atoms with Gasteiger partial charge in [0.15, 0.2) is 0 Å². The van der Waals surface area contributed by atoms with Gasteiger partial charge in [0.05, 0.1) is 0 Å². The fraction of sp³-hybridized carbons (Fsp3) is 1.00. The summed E-state index contributed by atoms with van der Waals surface area (Å²) in [5.41, 5.74) is 0. The molecule has 0 aromatic rings. The fourth-order valence-electron chi connectivity index (χ4n) is 9.39. The average molecular weight is 543 g/mol. The first-order valence-electron chi connectivity index (χ1n) is 17.0. The second-order valence-corrected chi connectivity index (χ2v) is 14.2. The SMILES string of the molecule is CCCCC1CCC(C2CCC(CCCC3CCC(C4CCC(CCC)CC4)C(F)C3F)CC2)C(F)C1F. The van der Waals surface area contributed by atoms with Crippen LogP contribution in [-0.4, -0.2) is 24.7 Å². The molecule has 0 spiro atoms. The topological polar surface area (TPSA) is 0 Å². The Hall–Kier alpha value is -0.280. The van der Waals surface area contributed by atoms with E-state index in [0.29, 0.717) is 17.8 Å². The molecule has 0 amide bonds. The zero-order valence-electron chi connectivity index (χ0n) is 24.6. The molecule has 0 aromatic heterocycles. The number of rotatable bonds is 11. The molecule has 4 aliphatic rings. The summed E-state index contributed by atoms with van der Waals surface area (Å²) in [5, 5.41) is 0. The van der Waals surface area contributed by atoms with Gasteiger partial charge in [-0.3, -0.25) is 0 Å². The van der Waals surface area contributed by atoms with E-state index >= 15 is 13.2 Å². The van der Waals surface area contributed by atoms with Gasteiger partial charge in [-0.1, -0.05) is 78.1 Å². The number of halogens is 4. The van der Waals surface area contributed by atoms with Crippen molar-refractivity contribution in [1.29, 1.82) is 0 Å². The highest BCUT2D eigenvalue weighted by Crippen LogP contribution is 2.47. The minimum Gasteiger partial charge on any atom is -0.244 e. The third kappa shape index (κ3) is 7.71. The third-order valence-electron chi connectivity index (χ3n) is 11.9. The van der Waals surface area contributed by atoms with Crippen molar-refractivity contribution in [1.82, 2.24) is 0 Å². The number of hydrogen-bond donors (Lipinski definition) is 0. The molecule has 0 aliphatic heterocycles. The molecule has 4 fully saturated rings. The van der Waals surface area contributed by atoms with Gasteiger partial charge in [0, 0.05) is 0 Å². The summed E-state index contributed by atoms with van der Waals surface area (Å²) in [4.78, 5) is 0. The highest BCUT2D eigenvalue weighted by molar-refractivity contribution is 4.94. The van der Waals surface area contributed by atoms with Crippen LogP contribution in [0.5, 0.6) is 0 Å². The first-order valence-corrected chi connectivity index (χ1v) is 17.0. The van der Waals surface area contributed by atoms with Gasteiger partial charge in [0.2, 0.25) is 0 Å². The average Bonchev–Trinajstić information content (AvgIpc) is 2.93. The Balaban J connectivity index is 1.13. The maximum Gasteiger partial charge on any atom is 0.134 e. The van der Waals surface area contributed by atoms with Crippen molar-refractivity contribution < 1.29 is 17.6 Å². The molecule has 4 heteroatoms. The third-order valence-corrected chi connectivity index (χ3v) is 11.9. The van der Waals surface area contributed by atoms with E-state index in [2.05, 4.69) is 13.8 Å². The second-order valence-electron chi connectivity index (χ2n) is 14.2. The van der Waals surface area contributed by atoms with E-state index in [0.717, 1.165) is 109 Å². The molecule has 38 heavy (non-hydrogen) atoms. The second kappa shape index (κ2) is 15.1. The molecule has 0 heterocycles. The standard InChI is InChI=1S/C34H58F4/c1-3-5-9-27-19-21-29(33(37)31(27)35)26-17-13-24(14-18-26)8-6-10-28-20-22-30(34(38)32(28)36)25-15-11-23(7-4-2)12-16-25/h23-34H,3-22H2,1-2H3. The Bertz CT molecular complexity index is 653. The van der Waals surface area contributed by atoms with Crippen LogP contribution in [0.1, 0.15) is 142 Å². The Labute approximate surface area is 231 Å². The maximum atomic E-state index is 15.2. The normalized spacial score (nSPS) is 44.7. The zero-order chi connectivity index (χ0) is 27.1. The molecule has 8 atom stereocenters. The maximum absolute atomic E-state index is 15.2. The lowest BCUT2D eigenvalue weighted by Crippen LogP contribution is -2.42. The van der Waals surface area contributed by atoms with Crippen molar-refractivity contribution in [3.63, 3.8) is 0 Å². The first kappa shape index (κ1) is 30.7. The van der Waals surface area contributed by atoms with E-state index in [1.54, 1.807) is 0 Å². The summed E-state index contributed by atoms with van der Waals surface area (Å²) in [6, 6.07) is 0. The monoisotopic (exact) mass is 542 g/mol. The minimum atomic E-state index is -1.28. The van der Waals surface area contributed by atoms with Gasteiger partial charge in [-0.2, -0.15) is 0 Å². The van der Waals surface area contributed by atoms with Gasteiger partial charge < -0.3 is 0 Å². The molecule has 0 nitrogen and oxygen atoms in total.